The molecule has 2 aromatic heterocycles. The lowest BCUT2D eigenvalue weighted by atomic mass is 9.71. The van der Waals surface area contributed by atoms with E-state index in [0.29, 0.717) is 25.6 Å². The molecule has 1 saturated carbocycles. The van der Waals surface area contributed by atoms with E-state index < -0.39 is 6.10 Å². The van der Waals surface area contributed by atoms with Crippen LogP contribution in [0, 0.1) is 10.8 Å². The molecule has 7 heteroatoms. The minimum atomic E-state index is -0.877. The van der Waals surface area contributed by atoms with Crippen molar-refractivity contribution in [3.63, 3.8) is 0 Å². The second kappa shape index (κ2) is 6.19. The second-order valence-corrected chi connectivity index (χ2v) is 8.85. The molecule has 2 aliphatic rings. The summed E-state index contributed by atoms with van der Waals surface area (Å²) < 4.78 is 0. The van der Waals surface area contributed by atoms with E-state index in [1.165, 1.54) is 0 Å². The zero-order valence-corrected chi connectivity index (χ0v) is 16.6. The Morgan fingerprint density at radius 3 is 2.67 bits per heavy atom. The number of aromatic amines is 1. The monoisotopic (exact) mass is 371 g/mol. The maximum absolute atomic E-state index is 12.5. The quantitative estimate of drug-likeness (QED) is 0.860. The molecular formula is C20H29N5O2. The van der Waals surface area contributed by atoms with Crippen molar-refractivity contribution in [2.24, 2.45) is 10.8 Å². The normalized spacial score (nSPS) is 31.3. The number of H-pyrrole nitrogens is 1. The first-order valence-corrected chi connectivity index (χ1v) is 9.76. The Kier molecular flexibility index (Phi) is 4.18. The van der Waals surface area contributed by atoms with Gasteiger partial charge in [-0.05, 0) is 36.2 Å². The van der Waals surface area contributed by atoms with Crippen molar-refractivity contribution < 1.29 is 9.90 Å². The second-order valence-electron chi connectivity index (χ2n) is 8.85. The Balaban J connectivity index is 1.55. The van der Waals surface area contributed by atoms with E-state index in [-0.39, 0.29) is 16.7 Å². The van der Waals surface area contributed by atoms with Crippen molar-refractivity contribution in [3.8, 4) is 0 Å². The van der Waals surface area contributed by atoms with Gasteiger partial charge in [-0.2, -0.15) is 0 Å². The maximum atomic E-state index is 12.5. The van der Waals surface area contributed by atoms with Crippen molar-refractivity contribution >= 4 is 22.8 Å². The van der Waals surface area contributed by atoms with E-state index in [4.69, 9.17) is 0 Å². The highest BCUT2D eigenvalue weighted by Crippen LogP contribution is 2.58. The number of aliphatic hydroxyl groups excluding tert-OH is 1. The molecule has 7 nitrogen and oxygen atoms in total. The molecule has 0 spiro atoms. The number of nitrogens with one attached hydrogen (secondary N) is 1. The predicted octanol–water partition coefficient (Wildman–Crippen LogP) is 2.18. The van der Waals surface area contributed by atoms with Crippen LogP contribution in [0.15, 0.2) is 18.6 Å². The van der Waals surface area contributed by atoms with E-state index in [0.717, 1.165) is 29.7 Å². The number of carbonyl (C=O) groups excluding carboxylic acids is 1. The van der Waals surface area contributed by atoms with Crippen LogP contribution in [0.1, 0.15) is 40.0 Å². The Labute approximate surface area is 159 Å². The van der Waals surface area contributed by atoms with Gasteiger partial charge in [-0.1, -0.05) is 20.8 Å². The molecule has 2 fully saturated rings. The number of nitrogens with zero attached hydrogens (tertiary/aromatic N) is 4. The van der Waals surface area contributed by atoms with Gasteiger partial charge in [-0.15, -0.1) is 0 Å². The Morgan fingerprint density at radius 1 is 1.37 bits per heavy atom. The summed E-state index contributed by atoms with van der Waals surface area (Å²) in [6.45, 7) is 7.86. The average molecular weight is 371 g/mol. The Morgan fingerprint density at radius 2 is 2.04 bits per heavy atom. The summed E-state index contributed by atoms with van der Waals surface area (Å²) in [6, 6.07) is 2.38. The topological polar surface area (TPSA) is 85.3 Å². The highest BCUT2D eigenvalue weighted by atomic mass is 16.3. The van der Waals surface area contributed by atoms with Crippen LogP contribution >= 0.6 is 0 Å². The highest BCUT2D eigenvalue weighted by Gasteiger charge is 2.59. The lowest BCUT2D eigenvalue weighted by Crippen LogP contribution is -2.40. The summed E-state index contributed by atoms with van der Waals surface area (Å²) in [5, 5.41) is 11.0. The zero-order chi connectivity index (χ0) is 19.4. The van der Waals surface area contributed by atoms with E-state index in [2.05, 4.69) is 40.7 Å². The highest BCUT2D eigenvalue weighted by molar-refractivity contribution is 5.87. The van der Waals surface area contributed by atoms with Gasteiger partial charge in [-0.25, -0.2) is 9.97 Å². The number of carbonyl (C=O) groups is 1. The lowest BCUT2D eigenvalue weighted by Gasteiger charge is -2.31. The Bertz CT molecular complexity index is 847. The van der Waals surface area contributed by atoms with Gasteiger partial charge in [0.15, 0.2) is 0 Å². The zero-order valence-electron chi connectivity index (χ0n) is 16.6. The molecule has 0 aromatic carbocycles. The molecule has 4 atom stereocenters. The summed E-state index contributed by atoms with van der Waals surface area (Å²) in [4.78, 5) is 28.6. The minimum Gasteiger partial charge on any atom is -0.383 e. The molecular weight excluding hydrogens is 342 g/mol. The summed E-state index contributed by atoms with van der Waals surface area (Å²) in [5.41, 5.74) is 0.936. The van der Waals surface area contributed by atoms with E-state index in [1.54, 1.807) is 6.33 Å². The summed E-state index contributed by atoms with van der Waals surface area (Å²) in [5.74, 6) is 0.830. The van der Waals surface area contributed by atoms with Gasteiger partial charge < -0.3 is 19.9 Å². The predicted molar refractivity (Wildman–Crippen MR) is 104 cm³/mol. The molecule has 1 aliphatic carbocycles. The SMILES string of the molecule is CC[C@@H](O)C(=O)N1C[C@]2(C)CC(N(C)c3ncnc4[nH]ccc34)C[C@]2(C)C1. The summed E-state index contributed by atoms with van der Waals surface area (Å²) in [7, 11) is 2.11. The smallest absolute Gasteiger partial charge is 0.251 e. The van der Waals surface area contributed by atoms with Gasteiger partial charge in [0.25, 0.3) is 5.91 Å². The first-order chi connectivity index (χ1) is 12.8. The molecule has 27 heavy (non-hydrogen) atoms. The lowest BCUT2D eigenvalue weighted by molar-refractivity contribution is -0.139. The number of hydrogen-bond acceptors (Lipinski definition) is 5. The number of aliphatic hydroxyl groups is 1. The van der Waals surface area contributed by atoms with Crippen LogP contribution in [0.3, 0.4) is 0 Å². The van der Waals surface area contributed by atoms with Gasteiger partial charge in [0.2, 0.25) is 0 Å². The van der Waals surface area contributed by atoms with Gasteiger partial charge in [0.05, 0.1) is 5.39 Å². The number of rotatable bonds is 4. The molecule has 2 N–H and O–H groups in total. The molecule has 1 unspecified atom stereocenters. The molecule has 2 aromatic rings. The number of aromatic nitrogens is 3. The van der Waals surface area contributed by atoms with Gasteiger partial charge in [0, 0.05) is 32.4 Å². The average Bonchev–Trinajstić information content (AvgIpc) is 3.28. The largest absolute Gasteiger partial charge is 0.383 e. The van der Waals surface area contributed by atoms with Crippen LogP contribution in [0.2, 0.25) is 0 Å². The molecule has 3 heterocycles. The molecule has 146 valence electrons. The molecule has 0 radical (unpaired) electrons. The molecule has 0 bridgehead atoms. The molecule has 4 rings (SSSR count). The maximum Gasteiger partial charge on any atom is 0.251 e. The van der Waals surface area contributed by atoms with Crippen LogP contribution in [0.25, 0.3) is 11.0 Å². The van der Waals surface area contributed by atoms with E-state index in [1.807, 2.05) is 24.1 Å². The molecule has 1 amide bonds. The van der Waals surface area contributed by atoms with Crippen LogP contribution in [0.4, 0.5) is 5.82 Å². The van der Waals surface area contributed by atoms with Crippen LogP contribution in [-0.2, 0) is 4.79 Å². The first-order valence-electron chi connectivity index (χ1n) is 9.76. The van der Waals surface area contributed by atoms with Crippen molar-refractivity contribution in [1.29, 1.82) is 0 Å². The number of amides is 1. The summed E-state index contributed by atoms with van der Waals surface area (Å²) in [6.07, 6.45) is 5.09. The van der Waals surface area contributed by atoms with Gasteiger partial charge in [0.1, 0.15) is 23.9 Å². The fraction of sp³-hybridized carbons (Fsp3) is 0.650. The van der Waals surface area contributed by atoms with Crippen molar-refractivity contribution in [2.75, 3.05) is 25.0 Å². The standard InChI is InChI=1S/C20H29N5O2/c1-5-15(26)18(27)25-10-19(2)8-13(9-20(19,3)11-25)24(4)17-14-6-7-21-16(14)22-12-23-17/h6-7,12-13,15,26H,5,8-11H2,1-4H3,(H,21,22,23)/t13?,15-,19-,20+/m1/s1. The van der Waals surface area contributed by atoms with Crippen LogP contribution < -0.4 is 4.90 Å². The number of hydrogen-bond donors (Lipinski definition) is 2. The van der Waals surface area contributed by atoms with Crippen molar-refractivity contribution in [3.05, 3.63) is 18.6 Å². The molecule has 1 aliphatic heterocycles. The van der Waals surface area contributed by atoms with Gasteiger partial charge in [-0.3, -0.25) is 4.79 Å². The number of anilines is 1. The third-order valence-corrected chi connectivity index (χ3v) is 7.11. The Hall–Kier alpha value is -2.15. The van der Waals surface area contributed by atoms with Crippen molar-refractivity contribution in [1.82, 2.24) is 19.9 Å². The van der Waals surface area contributed by atoms with Crippen LogP contribution in [-0.4, -0.2) is 63.1 Å². The third-order valence-electron chi connectivity index (χ3n) is 7.11. The summed E-state index contributed by atoms with van der Waals surface area (Å²) >= 11 is 0. The first kappa shape index (κ1) is 18.2. The third kappa shape index (κ3) is 2.71. The fourth-order valence-electron chi connectivity index (χ4n) is 5.14. The fourth-order valence-corrected chi connectivity index (χ4v) is 5.14. The molecule has 1 saturated heterocycles. The number of fused-ring (bicyclic) bond motifs is 2. The van der Waals surface area contributed by atoms with E-state index >= 15 is 0 Å². The van der Waals surface area contributed by atoms with Crippen molar-refractivity contribution in [2.45, 2.75) is 52.2 Å². The minimum absolute atomic E-state index is 0.0410. The van der Waals surface area contributed by atoms with E-state index in [9.17, 15) is 9.90 Å². The number of likely N-dealkylation sites (tertiary alicyclic amines) is 1. The van der Waals surface area contributed by atoms with Gasteiger partial charge >= 0.3 is 0 Å². The van der Waals surface area contributed by atoms with Crippen LogP contribution in [0.5, 0.6) is 0 Å².